The van der Waals surface area contributed by atoms with Crippen molar-refractivity contribution < 1.29 is 15.3 Å². The third-order valence-electron chi connectivity index (χ3n) is 3.99. The van der Waals surface area contributed by atoms with Crippen LogP contribution in [0.5, 0.6) is 17.2 Å². The summed E-state index contributed by atoms with van der Waals surface area (Å²) in [7, 11) is 0. The van der Waals surface area contributed by atoms with Crippen molar-refractivity contribution in [2.45, 2.75) is 40.0 Å². The van der Waals surface area contributed by atoms with E-state index in [1.807, 2.05) is 20.8 Å². The molecule has 0 fully saturated rings. The van der Waals surface area contributed by atoms with Crippen LogP contribution >= 0.6 is 0 Å². The second-order valence-electron chi connectivity index (χ2n) is 5.12. The highest BCUT2D eigenvalue weighted by Gasteiger charge is 2.21. The third-order valence-corrected chi connectivity index (χ3v) is 3.99. The maximum atomic E-state index is 10.6. The van der Waals surface area contributed by atoms with E-state index in [0.29, 0.717) is 24.0 Å². The fraction of sp³-hybridized carbons (Fsp3) is 0.333. The first-order valence-corrected chi connectivity index (χ1v) is 7.42. The van der Waals surface area contributed by atoms with Gasteiger partial charge in [-0.1, -0.05) is 32.9 Å². The van der Waals surface area contributed by atoms with E-state index in [-0.39, 0.29) is 17.2 Å². The van der Waals surface area contributed by atoms with Crippen molar-refractivity contribution >= 4 is 0 Å². The lowest BCUT2D eigenvalue weighted by Crippen LogP contribution is -2.01. The van der Waals surface area contributed by atoms with E-state index in [0.717, 1.165) is 23.1 Å². The SMILES string of the molecule is CCc1c(O)c(-c2ccc(O)cc2)c(O)c(CC)c1CC. The van der Waals surface area contributed by atoms with Crippen LogP contribution in [0.4, 0.5) is 0 Å². The molecule has 3 nitrogen and oxygen atoms in total. The Morgan fingerprint density at radius 2 is 1.10 bits per heavy atom. The van der Waals surface area contributed by atoms with Gasteiger partial charge in [0.1, 0.15) is 17.2 Å². The zero-order valence-electron chi connectivity index (χ0n) is 12.8. The minimum absolute atomic E-state index is 0.148. The van der Waals surface area contributed by atoms with Crippen LogP contribution < -0.4 is 0 Å². The minimum Gasteiger partial charge on any atom is -0.508 e. The summed E-state index contributed by atoms with van der Waals surface area (Å²) in [6.07, 6.45) is 2.21. The normalized spacial score (nSPS) is 10.8. The highest BCUT2D eigenvalue weighted by Crippen LogP contribution is 2.45. The fourth-order valence-electron chi connectivity index (χ4n) is 2.97. The first-order chi connectivity index (χ1) is 10.0. The van der Waals surface area contributed by atoms with E-state index in [4.69, 9.17) is 0 Å². The van der Waals surface area contributed by atoms with Gasteiger partial charge in [0.2, 0.25) is 0 Å². The van der Waals surface area contributed by atoms with E-state index in [1.54, 1.807) is 24.3 Å². The third kappa shape index (κ3) is 2.56. The molecule has 0 saturated heterocycles. The van der Waals surface area contributed by atoms with E-state index in [1.165, 1.54) is 0 Å². The lowest BCUT2D eigenvalue weighted by Gasteiger charge is -2.20. The van der Waals surface area contributed by atoms with Gasteiger partial charge in [0.05, 0.1) is 5.56 Å². The molecule has 112 valence electrons. The number of hydrogen-bond donors (Lipinski definition) is 3. The minimum atomic E-state index is 0.148. The van der Waals surface area contributed by atoms with Crippen molar-refractivity contribution in [1.82, 2.24) is 0 Å². The van der Waals surface area contributed by atoms with Gasteiger partial charge in [0.15, 0.2) is 0 Å². The summed E-state index contributed by atoms with van der Waals surface area (Å²) in [4.78, 5) is 0. The number of phenolic OH excluding ortho intramolecular Hbond substituents is 3. The van der Waals surface area contributed by atoms with Crippen molar-refractivity contribution in [3.05, 3.63) is 41.0 Å². The number of phenols is 3. The highest BCUT2D eigenvalue weighted by atomic mass is 16.3. The molecule has 0 aliphatic carbocycles. The Morgan fingerprint density at radius 3 is 1.48 bits per heavy atom. The van der Waals surface area contributed by atoms with Gasteiger partial charge >= 0.3 is 0 Å². The molecule has 0 radical (unpaired) electrons. The van der Waals surface area contributed by atoms with Gasteiger partial charge in [0.25, 0.3) is 0 Å². The summed E-state index contributed by atoms with van der Waals surface area (Å²) >= 11 is 0. The van der Waals surface area contributed by atoms with Crippen molar-refractivity contribution in [1.29, 1.82) is 0 Å². The van der Waals surface area contributed by atoms with Crippen LogP contribution in [0.1, 0.15) is 37.5 Å². The molecule has 3 N–H and O–H groups in total. The molecule has 2 aromatic rings. The molecular weight excluding hydrogens is 264 g/mol. The first-order valence-electron chi connectivity index (χ1n) is 7.42. The quantitative estimate of drug-likeness (QED) is 0.791. The number of benzene rings is 2. The molecule has 0 saturated carbocycles. The molecule has 21 heavy (non-hydrogen) atoms. The molecular formula is C18H22O3. The molecule has 0 atom stereocenters. The molecule has 0 aliphatic heterocycles. The second kappa shape index (κ2) is 6.08. The van der Waals surface area contributed by atoms with Crippen LogP contribution in [0.15, 0.2) is 24.3 Å². The molecule has 2 rings (SSSR count). The molecule has 0 aromatic heterocycles. The van der Waals surface area contributed by atoms with Crippen molar-refractivity contribution in [2.24, 2.45) is 0 Å². The van der Waals surface area contributed by atoms with Crippen molar-refractivity contribution in [2.75, 3.05) is 0 Å². The summed E-state index contributed by atoms with van der Waals surface area (Å²) in [5.74, 6) is 0.457. The highest BCUT2D eigenvalue weighted by molar-refractivity contribution is 5.81. The summed E-state index contributed by atoms with van der Waals surface area (Å²) in [6.45, 7) is 6.05. The van der Waals surface area contributed by atoms with Gasteiger partial charge in [0, 0.05) is 0 Å². The van der Waals surface area contributed by atoms with Gasteiger partial charge in [-0.25, -0.2) is 0 Å². The Labute approximate surface area is 125 Å². The van der Waals surface area contributed by atoms with Crippen LogP contribution in [-0.4, -0.2) is 15.3 Å². The van der Waals surface area contributed by atoms with Crippen LogP contribution in [0.25, 0.3) is 11.1 Å². The Bertz CT molecular complexity index is 611. The lowest BCUT2D eigenvalue weighted by atomic mass is 9.88. The molecule has 0 aliphatic rings. The van der Waals surface area contributed by atoms with Gasteiger partial charge in [-0.3, -0.25) is 0 Å². The second-order valence-corrected chi connectivity index (χ2v) is 5.12. The van der Waals surface area contributed by atoms with E-state index >= 15 is 0 Å². The topological polar surface area (TPSA) is 60.7 Å². The summed E-state index contributed by atoms with van der Waals surface area (Å²) in [5.41, 5.74) is 4.00. The summed E-state index contributed by atoms with van der Waals surface area (Å²) in [6, 6.07) is 6.52. The Hall–Kier alpha value is -2.16. The van der Waals surface area contributed by atoms with Gasteiger partial charge < -0.3 is 15.3 Å². The first kappa shape index (κ1) is 15.2. The van der Waals surface area contributed by atoms with Gasteiger partial charge in [-0.2, -0.15) is 0 Å². The van der Waals surface area contributed by atoms with E-state index in [2.05, 4.69) is 0 Å². The Balaban J connectivity index is 2.79. The predicted molar refractivity (Wildman–Crippen MR) is 85.0 cm³/mol. The smallest absolute Gasteiger partial charge is 0.130 e. The predicted octanol–water partition coefficient (Wildman–Crippen LogP) is 4.16. The molecule has 0 unspecified atom stereocenters. The molecule has 2 aromatic carbocycles. The van der Waals surface area contributed by atoms with E-state index in [9.17, 15) is 15.3 Å². The van der Waals surface area contributed by atoms with Gasteiger partial charge in [-0.15, -0.1) is 0 Å². The fourth-order valence-corrected chi connectivity index (χ4v) is 2.97. The van der Waals surface area contributed by atoms with Crippen LogP contribution in [0.2, 0.25) is 0 Å². The maximum Gasteiger partial charge on any atom is 0.130 e. The monoisotopic (exact) mass is 286 g/mol. The lowest BCUT2D eigenvalue weighted by molar-refractivity contribution is 0.444. The Morgan fingerprint density at radius 1 is 0.667 bits per heavy atom. The molecule has 3 heteroatoms. The molecule has 0 amide bonds. The van der Waals surface area contributed by atoms with Gasteiger partial charge in [-0.05, 0) is 53.6 Å². The molecule has 0 heterocycles. The van der Waals surface area contributed by atoms with E-state index < -0.39 is 0 Å². The molecule has 0 bridgehead atoms. The Kier molecular flexibility index (Phi) is 4.41. The summed E-state index contributed by atoms with van der Waals surface area (Å²) < 4.78 is 0. The molecule has 0 spiro atoms. The van der Waals surface area contributed by atoms with Crippen molar-refractivity contribution in [3.8, 4) is 28.4 Å². The van der Waals surface area contributed by atoms with Crippen molar-refractivity contribution in [3.63, 3.8) is 0 Å². The van der Waals surface area contributed by atoms with Crippen LogP contribution in [-0.2, 0) is 19.3 Å². The maximum absolute atomic E-state index is 10.6. The number of aromatic hydroxyl groups is 3. The summed E-state index contributed by atoms with van der Waals surface area (Å²) in [5, 5.41) is 30.6. The largest absolute Gasteiger partial charge is 0.508 e. The number of hydrogen-bond acceptors (Lipinski definition) is 3. The van der Waals surface area contributed by atoms with Crippen LogP contribution in [0, 0.1) is 0 Å². The zero-order chi connectivity index (χ0) is 15.6. The standard InChI is InChI=1S/C18H22O3/c1-4-13-14(5-2)17(20)16(18(21)15(13)6-3)11-7-9-12(19)10-8-11/h7-10,19-21H,4-6H2,1-3H3. The zero-order valence-corrected chi connectivity index (χ0v) is 12.8. The number of rotatable bonds is 4. The average Bonchev–Trinajstić information content (AvgIpc) is 2.48. The van der Waals surface area contributed by atoms with Crippen LogP contribution in [0.3, 0.4) is 0 Å². The average molecular weight is 286 g/mol.